The molecule has 0 amide bonds. The Hall–Kier alpha value is -3.25. The first-order chi connectivity index (χ1) is 17.3. The summed E-state index contributed by atoms with van der Waals surface area (Å²) in [6.45, 7) is 10.4. The number of imidazole rings is 1. The van der Waals surface area contributed by atoms with E-state index in [-0.39, 0.29) is 32.5 Å². The molecule has 0 saturated heterocycles. The second kappa shape index (κ2) is 12.1. The normalized spacial score (nSPS) is 11.8. The van der Waals surface area contributed by atoms with Crippen molar-refractivity contribution in [2.45, 2.75) is 27.7 Å². The van der Waals surface area contributed by atoms with Gasteiger partial charge in [-0.15, -0.1) is 11.8 Å². The number of halogens is 1. The molecule has 6 nitrogen and oxygen atoms in total. The zero-order valence-corrected chi connectivity index (χ0v) is 25.6. The average molecular weight is 703 g/mol. The van der Waals surface area contributed by atoms with E-state index in [1.165, 1.54) is 22.3 Å². The van der Waals surface area contributed by atoms with Gasteiger partial charge in [0.05, 0.1) is 7.05 Å². The minimum atomic E-state index is 0. The molecule has 0 aliphatic carbocycles. The van der Waals surface area contributed by atoms with E-state index in [1.54, 1.807) is 0 Å². The number of fused-ring (bicyclic) bond motifs is 2. The van der Waals surface area contributed by atoms with Crippen LogP contribution in [-0.4, -0.2) is 21.6 Å². The molecule has 4 heterocycles. The molecular weight excluding hydrogens is 672 g/mol. The molecule has 0 bridgehead atoms. The van der Waals surface area contributed by atoms with Crippen molar-refractivity contribution in [3.8, 4) is 5.69 Å². The predicted octanol–water partition coefficient (Wildman–Crippen LogP) is 2.67. The topological polar surface area (TPSA) is 41.1 Å². The Morgan fingerprint density at radius 1 is 0.868 bits per heavy atom. The number of aromatic nitrogens is 4. The quantitative estimate of drug-likeness (QED) is 0.210. The van der Waals surface area contributed by atoms with Gasteiger partial charge >= 0.3 is 0 Å². The van der Waals surface area contributed by atoms with Gasteiger partial charge in [0.25, 0.3) is 12.0 Å². The van der Waals surface area contributed by atoms with Crippen LogP contribution in [0, 0.1) is 40.4 Å². The van der Waals surface area contributed by atoms with Crippen molar-refractivity contribution in [3.63, 3.8) is 0 Å². The zero-order chi connectivity index (χ0) is 25.4. The van der Waals surface area contributed by atoms with Crippen molar-refractivity contribution in [2.75, 3.05) is 16.8 Å². The predicted molar refractivity (Wildman–Crippen MR) is 146 cm³/mol. The second-order valence-corrected chi connectivity index (χ2v) is 9.49. The number of hydrogen-bond acceptors (Lipinski definition) is 4. The fourth-order valence-electron chi connectivity index (χ4n) is 4.41. The molecule has 3 aromatic heterocycles. The van der Waals surface area contributed by atoms with E-state index in [0.717, 1.165) is 34.0 Å². The molecule has 0 spiro atoms. The minimum Gasteiger partial charge on any atom is -1.00 e. The summed E-state index contributed by atoms with van der Waals surface area (Å²) in [7, 11) is 4.09. The first-order valence-electron chi connectivity index (χ1n) is 12.0. The average Bonchev–Trinajstić information content (AvgIpc) is 3.36. The van der Waals surface area contributed by atoms with E-state index in [4.69, 9.17) is 0 Å². The Morgan fingerprint density at radius 3 is 2.32 bits per heavy atom. The third kappa shape index (κ3) is 5.91. The molecule has 0 unspecified atom stereocenters. The Labute approximate surface area is 244 Å². The van der Waals surface area contributed by atoms with Gasteiger partial charge in [-0.05, 0) is 68.8 Å². The summed E-state index contributed by atoms with van der Waals surface area (Å²) < 4.78 is 4.24. The third-order valence-corrected chi connectivity index (χ3v) is 6.24. The van der Waals surface area contributed by atoms with Gasteiger partial charge in [0.15, 0.2) is 5.52 Å². The molecule has 5 aromatic rings. The summed E-state index contributed by atoms with van der Waals surface area (Å²) in [5, 5.41) is 0. The van der Waals surface area contributed by atoms with E-state index in [1.807, 2.05) is 38.2 Å². The number of aryl methyl sites for hydroxylation is 5. The molecule has 0 fully saturated rings. The molecule has 0 saturated carbocycles. The van der Waals surface area contributed by atoms with Gasteiger partial charge in [-0.3, -0.25) is 0 Å². The summed E-state index contributed by atoms with van der Waals surface area (Å²) in [6, 6.07) is 22.1. The number of anilines is 3. The summed E-state index contributed by atoms with van der Waals surface area (Å²) in [6.07, 6.45) is 5.88. The van der Waals surface area contributed by atoms with Gasteiger partial charge in [0, 0.05) is 38.2 Å². The van der Waals surface area contributed by atoms with Crippen LogP contribution in [0.4, 0.5) is 17.2 Å². The van der Waals surface area contributed by atoms with Crippen LogP contribution in [-0.2, 0) is 27.2 Å². The molecule has 199 valence electrons. The Balaban J connectivity index is 0.000000200. The second-order valence-electron chi connectivity index (χ2n) is 9.49. The Bertz CT molecular complexity index is 1560. The van der Waals surface area contributed by atoms with E-state index in [2.05, 4.69) is 119 Å². The fourth-order valence-corrected chi connectivity index (χ4v) is 4.41. The van der Waals surface area contributed by atoms with Gasteiger partial charge in [0.1, 0.15) is 11.5 Å². The summed E-state index contributed by atoms with van der Waals surface area (Å²) in [5.74, 6) is 0.963. The van der Waals surface area contributed by atoms with Crippen molar-refractivity contribution in [2.24, 2.45) is 7.05 Å². The van der Waals surface area contributed by atoms with Crippen LogP contribution in [0.2, 0.25) is 0 Å². The van der Waals surface area contributed by atoms with Crippen molar-refractivity contribution < 1.29 is 37.1 Å². The van der Waals surface area contributed by atoms with Gasteiger partial charge in [-0.1, -0.05) is 19.1 Å². The molecule has 6 rings (SSSR count). The monoisotopic (exact) mass is 703 g/mol. The molecule has 0 N–H and O–H groups in total. The van der Waals surface area contributed by atoms with E-state index in [0.29, 0.717) is 0 Å². The third-order valence-electron chi connectivity index (χ3n) is 6.24. The maximum atomic E-state index is 4.55. The molecule has 0 atom stereocenters. The number of benzene rings is 2. The molecule has 38 heavy (non-hydrogen) atoms. The maximum Gasteiger partial charge on any atom is 0.273 e. The Kier molecular flexibility index (Phi) is 9.31. The molecular formula is C30H31ClIrN6-2. The number of rotatable bonds is 2. The largest absolute Gasteiger partial charge is 1.00 e. The number of pyridine rings is 2. The van der Waals surface area contributed by atoms with Gasteiger partial charge in [-0.2, -0.15) is 35.0 Å². The fraction of sp³-hybridized carbons (Fsp3) is 0.200. The smallest absolute Gasteiger partial charge is 0.273 e. The zero-order valence-electron chi connectivity index (χ0n) is 22.4. The molecule has 1 aliphatic heterocycles. The van der Waals surface area contributed by atoms with Crippen LogP contribution in [0.3, 0.4) is 0 Å². The molecule has 8 heteroatoms. The van der Waals surface area contributed by atoms with Crippen molar-refractivity contribution >= 4 is 28.4 Å². The van der Waals surface area contributed by atoms with Crippen molar-refractivity contribution in [1.29, 1.82) is 0 Å². The first-order valence-corrected chi connectivity index (χ1v) is 12.0. The maximum absolute atomic E-state index is 4.55. The van der Waals surface area contributed by atoms with Crippen LogP contribution in [0.5, 0.6) is 0 Å². The van der Waals surface area contributed by atoms with Crippen LogP contribution in [0.1, 0.15) is 22.3 Å². The SMILES string of the molecule is Cc1cc[c-]c(N2[CH-]N(C)c3cc(C)cnc32)c1.Cc1cccc(-n2c[n+](C)c3cc(C)cnc32)c1.[Cl-].[Ir]. The molecule has 1 radical (unpaired) electrons. The minimum absolute atomic E-state index is 0. The van der Waals surface area contributed by atoms with Gasteiger partial charge in [-0.25, -0.2) is 14.5 Å². The number of hydrogen-bond donors (Lipinski definition) is 0. The summed E-state index contributed by atoms with van der Waals surface area (Å²) in [5.41, 5.74) is 10.3. The van der Waals surface area contributed by atoms with E-state index in [9.17, 15) is 0 Å². The first kappa shape index (κ1) is 29.3. The van der Waals surface area contributed by atoms with Crippen molar-refractivity contribution in [1.82, 2.24) is 14.5 Å². The van der Waals surface area contributed by atoms with Crippen LogP contribution < -0.4 is 26.8 Å². The molecule has 1 aliphatic rings. The van der Waals surface area contributed by atoms with Gasteiger partial charge < -0.3 is 22.2 Å². The van der Waals surface area contributed by atoms with Crippen LogP contribution in [0.15, 0.2) is 73.3 Å². The van der Waals surface area contributed by atoms with Crippen LogP contribution in [0.25, 0.3) is 16.9 Å². The van der Waals surface area contributed by atoms with Crippen molar-refractivity contribution in [3.05, 3.63) is 108 Å². The summed E-state index contributed by atoms with van der Waals surface area (Å²) >= 11 is 0. The van der Waals surface area contributed by atoms with Gasteiger partial charge in [0.2, 0.25) is 0 Å². The molecule has 2 aromatic carbocycles. The van der Waals surface area contributed by atoms with E-state index < -0.39 is 0 Å². The number of nitrogens with zero attached hydrogens (tertiary/aromatic N) is 6. The summed E-state index contributed by atoms with van der Waals surface area (Å²) in [4.78, 5) is 13.2. The Morgan fingerprint density at radius 2 is 1.58 bits per heavy atom. The van der Waals surface area contributed by atoms with Crippen LogP contribution >= 0.6 is 0 Å². The van der Waals surface area contributed by atoms with E-state index >= 15 is 0 Å². The standard InChI is InChI=1S/C15H16N3.C15H15N3.ClH.Ir/c2*1-11-5-4-6-13(7-11)18-10-17(3)14-8-12(2)9-16-15(14)18;;/h4-10H,1-3H3;4-5,7-10H,1-3H3;1H;/q+1;-2;;/p-1.